The Bertz CT molecular complexity index is 581. The molecule has 0 fully saturated rings. The Labute approximate surface area is 105 Å². The molecule has 5 nitrogen and oxygen atoms in total. The van der Waals surface area contributed by atoms with Crippen molar-refractivity contribution in [3.05, 3.63) is 40.6 Å². The summed E-state index contributed by atoms with van der Waals surface area (Å²) in [4.78, 5) is 10.8. The van der Waals surface area contributed by atoms with E-state index in [-0.39, 0.29) is 6.42 Å². The molecule has 96 valence electrons. The molecule has 0 saturated carbocycles. The van der Waals surface area contributed by atoms with Crippen molar-refractivity contribution in [3.63, 3.8) is 0 Å². The first-order valence-electron chi connectivity index (χ1n) is 5.77. The van der Waals surface area contributed by atoms with Crippen LogP contribution in [0.5, 0.6) is 0 Å². The van der Waals surface area contributed by atoms with Crippen molar-refractivity contribution in [1.29, 1.82) is 0 Å². The molecule has 0 aliphatic carbocycles. The molecule has 2 aromatic heterocycles. The molecule has 0 unspecified atom stereocenters. The lowest BCUT2D eigenvalue weighted by Gasteiger charge is -2.02. The van der Waals surface area contributed by atoms with E-state index in [9.17, 15) is 4.79 Å². The van der Waals surface area contributed by atoms with Gasteiger partial charge in [-0.2, -0.15) is 5.10 Å². The second-order valence-corrected chi connectivity index (χ2v) is 4.39. The second-order valence-electron chi connectivity index (χ2n) is 4.39. The van der Waals surface area contributed by atoms with Gasteiger partial charge in [0.25, 0.3) is 0 Å². The number of furan rings is 1. The Hall–Kier alpha value is -2.04. The minimum Gasteiger partial charge on any atom is -0.481 e. The van der Waals surface area contributed by atoms with Gasteiger partial charge < -0.3 is 9.52 Å². The molecule has 0 spiro atoms. The lowest BCUT2D eigenvalue weighted by atomic mass is 10.1. The molecule has 0 saturated heterocycles. The molecular weight excluding hydrogens is 232 g/mol. The molecule has 0 atom stereocenters. The summed E-state index contributed by atoms with van der Waals surface area (Å²) in [5.74, 6) is 0.840. The van der Waals surface area contributed by atoms with Gasteiger partial charge in [-0.3, -0.25) is 9.48 Å². The maximum absolute atomic E-state index is 10.8. The quantitative estimate of drug-likeness (QED) is 0.899. The first kappa shape index (κ1) is 12.4. The van der Waals surface area contributed by atoms with Crippen LogP contribution in [0.1, 0.15) is 28.5 Å². The lowest BCUT2D eigenvalue weighted by molar-refractivity contribution is -0.136. The SMILES string of the molecule is Cc1ccc(Cn2nc(C)c(CC(=O)O)c2C)o1. The summed E-state index contributed by atoms with van der Waals surface area (Å²) in [6.45, 7) is 6.13. The van der Waals surface area contributed by atoms with E-state index in [1.807, 2.05) is 32.9 Å². The van der Waals surface area contributed by atoms with Crippen molar-refractivity contribution in [2.75, 3.05) is 0 Å². The maximum atomic E-state index is 10.8. The average Bonchev–Trinajstić information content (AvgIpc) is 2.78. The first-order valence-corrected chi connectivity index (χ1v) is 5.77. The van der Waals surface area contributed by atoms with Crippen LogP contribution in [-0.2, 0) is 17.8 Å². The molecular formula is C13H16N2O3. The Kier molecular flexibility index (Phi) is 3.23. The largest absolute Gasteiger partial charge is 0.481 e. The summed E-state index contributed by atoms with van der Waals surface area (Å²) in [5, 5.41) is 13.2. The molecule has 2 aromatic rings. The molecule has 0 aliphatic rings. The fraction of sp³-hybridized carbons (Fsp3) is 0.385. The zero-order chi connectivity index (χ0) is 13.3. The van der Waals surface area contributed by atoms with E-state index in [4.69, 9.17) is 9.52 Å². The number of aromatic nitrogens is 2. The van der Waals surface area contributed by atoms with Gasteiger partial charge in [-0.1, -0.05) is 0 Å². The first-order chi connectivity index (χ1) is 8.47. The Morgan fingerprint density at radius 2 is 2.11 bits per heavy atom. The van der Waals surface area contributed by atoms with Gasteiger partial charge >= 0.3 is 5.97 Å². The van der Waals surface area contributed by atoms with Crippen LogP contribution in [0.3, 0.4) is 0 Å². The number of hydrogen-bond acceptors (Lipinski definition) is 3. The molecule has 0 aromatic carbocycles. The number of aliphatic carboxylic acids is 1. The van der Waals surface area contributed by atoms with Gasteiger partial charge in [-0.15, -0.1) is 0 Å². The summed E-state index contributed by atoms with van der Waals surface area (Å²) >= 11 is 0. The van der Waals surface area contributed by atoms with Crippen molar-refractivity contribution in [3.8, 4) is 0 Å². The predicted octanol–water partition coefficient (Wildman–Crippen LogP) is 2.08. The van der Waals surface area contributed by atoms with E-state index in [0.717, 1.165) is 28.5 Å². The van der Waals surface area contributed by atoms with Crippen molar-refractivity contribution in [2.24, 2.45) is 0 Å². The fourth-order valence-electron chi connectivity index (χ4n) is 2.01. The highest BCUT2D eigenvalue weighted by Crippen LogP contribution is 2.16. The number of hydrogen-bond donors (Lipinski definition) is 1. The number of aryl methyl sites for hydroxylation is 2. The van der Waals surface area contributed by atoms with Crippen LogP contribution in [-0.4, -0.2) is 20.9 Å². The zero-order valence-corrected chi connectivity index (χ0v) is 10.7. The maximum Gasteiger partial charge on any atom is 0.307 e. The van der Waals surface area contributed by atoms with Crippen LogP contribution in [0.25, 0.3) is 0 Å². The molecule has 2 heterocycles. The fourth-order valence-corrected chi connectivity index (χ4v) is 2.01. The number of nitrogens with zero attached hydrogens (tertiary/aromatic N) is 2. The van der Waals surface area contributed by atoms with Gasteiger partial charge in [-0.25, -0.2) is 0 Å². The molecule has 0 aliphatic heterocycles. The molecule has 0 radical (unpaired) electrons. The van der Waals surface area contributed by atoms with Crippen molar-refractivity contribution in [2.45, 2.75) is 33.7 Å². The van der Waals surface area contributed by atoms with E-state index in [2.05, 4.69) is 5.10 Å². The number of carbonyl (C=O) groups is 1. The van der Waals surface area contributed by atoms with Gasteiger partial charge in [0.15, 0.2) is 0 Å². The topological polar surface area (TPSA) is 68.3 Å². The summed E-state index contributed by atoms with van der Waals surface area (Å²) in [6, 6.07) is 3.81. The van der Waals surface area contributed by atoms with Gasteiger partial charge in [0.1, 0.15) is 11.5 Å². The highest BCUT2D eigenvalue weighted by Gasteiger charge is 2.15. The molecule has 0 bridgehead atoms. The van der Waals surface area contributed by atoms with Crippen LogP contribution < -0.4 is 0 Å². The average molecular weight is 248 g/mol. The Morgan fingerprint density at radius 3 is 2.67 bits per heavy atom. The van der Waals surface area contributed by atoms with Gasteiger partial charge in [0.2, 0.25) is 0 Å². The van der Waals surface area contributed by atoms with Crippen molar-refractivity contribution < 1.29 is 14.3 Å². The van der Waals surface area contributed by atoms with Gasteiger partial charge in [0.05, 0.1) is 18.7 Å². The lowest BCUT2D eigenvalue weighted by Crippen LogP contribution is -2.05. The Morgan fingerprint density at radius 1 is 1.39 bits per heavy atom. The van der Waals surface area contributed by atoms with Crippen molar-refractivity contribution >= 4 is 5.97 Å². The number of carboxylic acids is 1. The molecule has 18 heavy (non-hydrogen) atoms. The molecule has 0 amide bonds. The van der Waals surface area contributed by atoms with Crippen LogP contribution in [0, 0.1) is 20.8 Å². The highest BCUT2D eigenvalue weighted by molar-refractivity contribution is 5.70. The Balaban J connectivity index is 2.26. The number of rotatable bonds is 4. The standard InChI is InChI=1S/C13H16N2O3/c1-8-4-5-11(18-8)7-15-10(3)12(6-13(16)17)9(2)14-15/h4-5H,6-7H2,1-3H3,(H,16,17). The third-order valence-electron chi connectivity index (χ3n) is 2.96. The third-order valence-corrected chi connectivity index (χ3v) is 2.96. The third kappa shape index (κ3) is 2.45. The molecule has 1 N–H and O–H groups in total. The minimum atomic E-state index is -0.838. The second kappa shape index (κ2) is 4.68. The zero-order valence-electron chi connectivity index (χ0n) is 10.7. The summed E-state index contributed by atoms with van der Waals surface area (Å²) in [7, 11) is 0. The van der Waals surface area contributed by atoms with Crippen LogP contribution in [0.4, 0.5) is 0 Å². The summed E-state index contributed by atoms with van der Waals surface area (Å²) in [5.41, 5.74) is 2.42. The van der Waals surface area contributed by atoms with Crippen LogP contribution in [0.15, 0.2) is 16.5 Å². The predicted molar refractivity (Wildman–Crippen MR) is 65.6 cm³/mol. The monoisotopic (exact) mass is 248 g/mol. The molecule has 2 rings (SSSR count). The van der Waals surface area contributed by atoms with Gasteiger partial charge in [-0.05, 0) is 32.9 Å². The van der Waals surface area contributed by atoms with Crippen LogP contribution >= 0.6 is 0 Å². The normalized spacial score (nSPS) is 10.8. The highest BCUT2D eigenvalue weighted by atomic mass is 16.4. The summed E-state index contributed by atoms with van der Waals surface area (Å²) in [6.07, 6.45) is 0.00878. The van der Waals surface area contributed by atoms with E-state index in [1.165, 1.54) is 0 Å². The van der Waals surface area contributed by atoms with E-state index in [1.54, 1.807) is 4.68 Å². The van der Waals surface area contributed by atoms with Gasteiger partial charge in [0, 0.05) is 11.3 Å². The van der Waals surface area contributed by atoms with Crippen molar-refractivity contribution in [1.82, 2.24) is 9.78 Å². The smallest absolute Gasteiger partial charge is 0.307 e. The summed E-state index contributed by atoms with van der Waals surface area (Å²) < 4.78 is 7.28. The van der Waals surface area contributed by atoms with E-state index < -0.39 is 5.97 Å². The minimum absolute atomic E-state index is 0.00878. The van der Waals surface area contributed by atoms with E-state index in [0.29, 0.717) is 6.54 Å². The molecule has 5 heteroatoms. The number of carboxylic acid groups (broad SMARTS) is 1. The van der Waals surface area contributed by atoms with Crippen LogP contribution in [0.2, 0.25) is 0 Å². The van der Waals surface area contributed by atoms with E-state index >= 15 is 0 Å².